The summed E-state index contributed by atoms with van der Waals surface area (Å²) in [5.41, 5.74) is 0.757. The highest BCUT2D eigenvalue weighted by Crippen LogP contribution is 2.22. The summed E-state index contributed by atoms with van der Waals surface area (Å²) >= 11 is 0. The predicted molar refractivity (Wildman–Crippen MR) is 77.5 cm³/mol. The van der Waals surface area contributed by atoms with Crippen LogP contribution in [-0.2, 0) is 21.0 Å². The molecular formula is C14H18N2O7. The Morgan fingerprint density at radius 2 is 2.09 bits per heavy atom. The van der Waals surface area contributed by atoms with Crippen molar-refractivity contribution in [2.24, 2.45) is 0 Å². The summed E-state index contributed by atoms with van der Waals surface area (Å²) in [7, 11) is 0. The zero-order valence-corrected chi connectivity index (χ0v) is 12.3. The number of non-ortho nitro benzene ring substituents is 1. The van der Waals surface area contributed by atoms with Crippen LogP contribution in [-0.4, -0.2) is 58.1 Å². The van der Waals surface area contributed by atoms with E-state index in [9.17, 15) is 20.0 Å². The fraction of sp³-hybridized carbons (Fsp3) is 0.500. The van der Waals surface area contributed by atoms with Crippen molar-refractivity contribution >= 4 is 11.7 Å². The number of hydroxylamine groups is 2. The minimum absolute atomic E-state index is 0.00490. The van der Waals surface area contributed by atoms with E-state index < -0.39 is 10.9 Å². The van der Waals surface area contributed by atoms with Gasteiger partial charge in [-0.25, -0.2) is 4.79 Å². The molecule has 1 aliphatic rings. The molecule has 9 nitrogen and oxygen atoms in total. The molecule has 2 rings (SSSR count). The number of ether oxygens (including phenoxy) is 1. The topological polar surface area (TPSA) is 122 Å². The fourth-order valence-electron chi connectivity index (χ4n) is 2.35. The summed E-state index contributed by atoms with van der Waals surface area (Å²) in [5.74, 6) is -1.05. The number of carboxylic acid groups (broad SMARTS) is 1. The van der Waals surface area contributed by atoms with Gasteiger partial charge in [0, 0.05) is 12.1 Å². The first-order valence-corrected chi connectivity index (χ1v) is 7.06. The maximum absolute atomic E-state index is 10.6. The van der Waals surface area contributed by atoms with Gasteiger partial charge in [0.2, 0.25) is 0 Å². The molecule has 1 fully saturated rings. The number of aliphatic hydroxyl groups is 1. The Kier molecular flexibility index (Phi) is 5.99. The summed E-state index contributed by atoms with van der Waals surface area (Å²) in [5, 5.41) is 30.1. The van der Waals surface area contributed by atoms with Gasteiger partial charge in [-0.3, -0.25) is 15.0 Å². The number of hydrogen-bond acceptors (Lipinski definition) is 7. The molecule has 1 heterocycles. The highest BCUT2D eigenvalue weighted by molar-refractivity contribution is 5.68. The normalized spacial score (nSPS) is 21.4. The van der Waals surface area contributed by atoms with Crippen LogP contribution in [0.1, 0.15) is 12.0 Å². The molecule has 126 valence electrons. The monoisotopic (exact) mass is 326 g/mol. The molecule has 0 aromatic heterocycles. The molecule has 1 saturated heterocycles. The van der Waals surface area contributed by atoms with Crippen molar-refractivity contribution in [3.63, 3.8) is 0 Å². The van der Waals surface area contributed by atoms with Crippen LogP contribution >= 0.6 is 0 Å². The molecule has 23 heavy (non-hydrogen) atoms. The molecule has 2 unspecified atom stereocenters. The zero-order chi connectivity index (χ0) is 16.8. The number of nitrogens with zero attached hydrogens (tertiary/aromatic N) is 2. The smallest absolute Gasteiger partial charge is 0.329 e. The summed E-state index contributed by atoms with van der Waals surface area (Å²) in [6.45, 7) is 0.0256. The van der Waals surface area contributed by atoms with E-state index >= 15 is 0 Å². The number of rotatable bonds is 8. The van der Waals surface area contributed by atoms with Crippen molar-refractivity contribution in [2.75, 3.05) is 19.8 Å². The molecule has 0 radical (unpaired) electrons. The molecule has 2 atom stereocenters. The number of nitro groups is 1. The quantitative estimate of drug-likeness (QED) is 0.525. The molecule has 0 saturated carbocycles. The number of hydrogen-bond donors (Lipinski definition) is 2. The van der Waals surface area contributed by atoms with Crippen molar-refractivity contribution < 1.29 is 29.5 Å². The standard InChI is InChI=1S/C14H18N2O7/c17-7-12-5-13(22-9-14(18)19)6-15(12)23-8-10-1-3-11(4-2-10)16(20)21/h1-4,12-13,17H,5-9H2,(H,18,19). The van der Waals surface area contributed by atoms with E-state index in [1.807, 2.05) is 0 Å². The molecular weight excluding hydrogens is 308 g/mol. The average Bonchev–Trinajstić information content (AvgIpc) is 2.93. The second-order valence-corrected chi connectivity index (χ2v) is 5.20. The van der Waals surface area contributed by atoms with Gasteiger partial charge in [-0.15, -0.1) is 0 Å². The van der Waals surface area contributed by atoms with Crippen LogP contribution < -0.4 is 0 Å². The van der Waals surface area contributed by atoms with Crippen LogP contribution in [0.4, 0.5) is 5.69 Å². The van der Waals surface area contributed by atoms with Crippen molar-refractivity contribution in [2.45, 2.75) is 25.2 Å². The van der Waals surface area contributed by atoms with E-state index in [0.29, 0.717) is 13.0 Å². The van der Waals surface area contributed by atoms with Crippen LogP contribution in [0.2, 0.25) is 0 Å². The Labute approximate surface area is 132 Å². The number of carbonyl (C=O) groups is 1. The third-order valence-corrected chi connectivity index (χ3v) is 3.52. The van der Waals surface area contributed by atoms with Crippen molar-refractivity contribution in [3.8, 4) is 0 Å². The number of aliphatic carboxylic acids is 1. The van der Waals surface area contributed by atoms with E-state index in [0.717, 1.165) is 5.56 Å². The molecule has 0 aliphatic carbocycles. The lowest BCUT2D eigenvalue weighted by molar-refractivity contribution is -0.384. The van der Waals surface area contributed by atoms with Crippen LogP contribution in [0.5, 0.6) is 0 Å². The van der Waals surface area contributed by atoms with Crippen LogP contribution in [0.25, 0.3) is 0 Å². The van der Waals surface area contributed by atoms with Gasteiger partial charge in [0.1, 0.15) is 6.61 Å². The van der Waals surface area contributed by atoms with Gasteiger partial charge in [-0.2, -0.15) is 5.06 Å². The lowest BCUT2D eigenvalue weighted by Crippen LogP contribution is -2.32. The summed E-state index contributed by atoms with van der Waals surface area (Å²) in [4.78, 5) is 26.2. The lowest BCUT2D eigenvalue weighted by Gasteiger charge is -2.21. The highest BCUT2D eigenvalue weighted by Gasteiger charge is 2.33. The summed E-state index contributed by atoms with van der Waals surface area (Å²) in [6, 6.07) is 5.71. The molecule has 1 aromatic carbocycles. The Hall–Kier alpha value is -2.07. The number of nitro benzene ring substituents is 1. The van der Waals surface area contributed by atoms with E-state index in [1.165, 1.54) is 12.1 Å². The van der Waals surface area contributed by atoms with Gasteiger partial charge in [0.15, 0.2) is 0 Å². The Bertz CT molecular complexity index is 549. The molecule has 0 bridgehead atoms. The Morgan fingerprint density at radius 1 is 1.39 bits per heavy atom. The third-order valence-electron chi connectivity index (χ3n) is 3.52. The molecule has 0 amide bonds. The van der Waals surface area contributed by atoms with Crippen LogP contribution in [0, 0.1) is 10.1 Å². The predicted octanol–water partition coefficient (Wildman–Crippen LogP) is 0.563. The minimum atomic E-state index is -1.05. The van der Waals surface area contributed by atoms with Crippen molar-refractivity contribution in [3.05, 3.63) is 39.9 Å². The van der Waals surface area contributed by atoms with Gasteiger partial charge in [0.25, 0.3) is 5.69 Å². The third kappa shape index (κ3) is 4.96. The number of carboxylic acids is 1. The first kappa shape index (κ1) is 17.3. The number of aliphatic hydroxyl groups excluding tert-OH is 1. The van der Waals surface area contributed by atoms with Crippen molar-refractivity contribution in [1.29, 1.82) is 0 Å². The van der Waals surface area contributed by atoms with Gasteiger partial charge in [-0.05, 0) is 24.1 Å². The van der Waals surface area contributed by atoms with E-state index in [4.69, 9.17) is 14.7 Å². The molecule has 1 aromatic rings. The van der Waals surface area contributed by atoms with E-state index in [-0.39, 0.29) is 37.7 Å². The first-order chi connectivity index (χ1) is 11.0. The van der Waals surface area contributed by atoms with Gasteiger partial charge >= 0.3 is 5.97 Å². The molecule has 1 aliphatic heterocycles. The molecule has 9 heteroatoms. The van der Waals surface area contributed by atoms with Crippen molar-refractivity contribution in [1.82, 2.24) is 5.06 Å². The van der Waals surface area contributed by atoms with E-state index in [2.05, 4.69) is 0 Å². The van der Waals surface area contributed by atoms with Gasteiger partial charge < -0.3 is 14.9 Å². The first-order valence-electron chi connectivity index (χ1n) is 7.06. The Morgan fingerprint density at radius 3 is 2.65 bits per heavy atom. The molecule has 2 N–H and O–H groups in total. The summed E-state index contributed by atoms with van der Waals surface area (Å²) in [6.07, 6.45) is 0.157. The second-order valence-electron chi connectivity index (χ2n) is 5.20. The number of benzene rings is 1. The average molecular weight is 326 g/mol. The SMILES string of the molecule is O=C(O)COC1CC(CO)N(OCc2ccc([N+](=O)[O-])cc2)C1. The zero-order valence-electron chi connectivity index (χ0n) is 12.3. The minimum Gasteiger partial charge on any atom is -0.480 e. The van der Waals surface area contributed by atoms with Crippen LogP contribution in [0.3, 0.4) is 0 Å². The largest absolute Gasteiger partial charge is 0.480 e. The summed E-state index contributed by atoms with van der Waals surface area (Å²) < 4.78 is 5.21. The van der Waals surface area contributed by atoms with E-state index in [1.54, 1.807) is 17.2 Å². The lowest BCUT2D eigenvalue weighted by atomic mass is 10.2. The van der Waals surface area contributed by atoms with Crippen LogP contribution in [0.15, 0.2) is 24.3 Å². The van der Waals surface area contributed by atoms with Gasteiger partial charge in [0.05, 0.1) is 36.8 Å². The Balaban J connectivity index is 1.86. The fourth-order valence-corrected chi connectivity index (χ4v) is 2.35. The van der Waals surface area contributed by atoms with Gasteiger partial charge in [-0.1, -0.05) is 0 Å². The maximum atomic E-state index is 10.6. The second kappa shape index (κ2) is 7.97. The molecule has 0 spiro atoms. The highest BCUT2D eigenvalue weighted by atomic mass is 16.7. The maximum Gasteiger partial charge on any atom is 0.329 e.